The van der Waals surface area contributed by atoms with E-state index >= 15 is 0 Å². The molecule has 1 aliphatic rings. The van der Waals surface area contributed by atoms with E-state index in [0.717, 1.165) is 0 Å². The zero-order valence-electron chi connectivity index (χ0n) is 6.06. The summed E-state index contributed by atoms with van der Waals surface area (Å²) in [7, 11) is 0. The monoisotopic (exact) mass is 203 g/mol. The molecule has 1 atom stereocenters. The molecule has 1 unspecified atom stereocenters. The maximum Gasteiger partial charge on any atom is 0.408 e. The van der Waals surface area contributed by atoms with Crippen LogP contribution in [0.2, 0.25) is 0 Å². The Morgan fingerprint density at radius 2 is 2.08 bits per heavy atom. The number of alkyl halides is 3. The first-order chi connectivity index (χ1) is 5.00. The summed E-state index contributed by atoms with van der Waals surface area (Å²) in [5, 5.41) is 2.06. The van der Waals surface area contributed by atoms with Crippen LogP contribution in [-0.4, -0.2) is 24.7 Å². The Labute approximate surface area is 73.6 Å². The van der Waals surface area contributed by atoms with E-state index in [1.165, 1.54) is 0 Å². The van der Waals surface area contributed by atoms with Crippen molar-refractivity contribution in [2.75, 3.05) is 6.54 Å². The van der Waals surface area contributed by atoms with Gasteiger partial charge in [-0.05, 0) is 6.42 Å². The van der Waals surface area contributed by atoms with Crippen LogP contribution in [0.25, 0.3) is 0 Å². The van der Waals surface area contributed by atoms with Crippen molar-refractivity contribution in [3.63, 3.8) is 0 Å². The molecule has 0 saturated carbocycles. The maximum atomic E-state index is 11.9. The zero-order chi connectivity index (χ0) is 8.48. The van der Waals surface area contributed by atoms with Gasteiger partial charge in [-0.25, -0.2) is 0 Å². The van der Waals surface area contributed by atoms with Crippen LogP contribution in [0.15, 0.2) is 4.99 Å². The average Bonchev–Trinajstić information content (AvgIpc) is 1.86. The van der Waals surface area contributed by atoms with Gasteiger partial charge in [0.25, 0.3) is 0 Å². The summed E-state index contributed by atoms with van der Waals surface area (Å²) in [6, 6.07) is -1.53. The number of guanidine groups is 1. The third kappa shape index (κ3) is 2.77. The molecule has 12 heavy (non-hydrogen) atoms. The minimum atomic E-state index is -4.22. The SMILES string of the molecule is Cl.NC1=NCCC(C(F)(F)F)N1. The Bertz CT molecular complexity index is 179. The molecule has 72 valence electrons. The first-order valence-corrected chi connectivity index (χ1v) is 3.13. The second-order valence-corrected chi connectivity index (χ2v) is 2.29. The van der Waals surface area contributed by atoms with Gasteiger partial charge in [-0.3, -0.25) is 4.99 Å². The molecule has 0 aromatic carbocycles. The summed E-state index contributed by atoms with van der Waals surface area (Å²) in [6.45, 7) is 0.142. The average molecular weight is 204 g/mol. The molecule has 0 amide bonds. The molecule has 0 spiro atoms. The van der Waals surface area contributed by atoms with Crippen LogP contribution in [0.5, 0.6) is 0 Å². The van der Waals surface area contributed by atoms with Crippen molar-refractivity contribution in [1.82, 2.24) is 5.32 Å². The molecule has 0 saturated heterocycles. The lowest BCUT2D eigenvalue weighted by Crippen LogP contribution is -2.51. The summed E-state index contributed by atoms with van der Waals surface area (Å²) in [5.74, 6) is -0.126. The van der Waals surface area contributed by atoms with Crippen molar-refractivity contribution in [3.8, 4) is 0 Å². The number of halogens is 4. The largest absolute Gasteiger partial charge is 0.408 e. The number of aliphatic imine (C=N–C) groups is 1. The Morgan fingerprint density at radius 1 is 1.50 bits per heavy atom. The van der Waals surface area contributed by atoms with E-state index in [-0.39, 0.29) is 31.3 Å². The third-order valence-corrected chi connectivity index (χ3v) is 1.42. The lowest BCUT2D eigenvalue weighted by Gasteiger charge is -2.24. The highest BCUT2D eigenvalue weighted by Crippen LogP contribution is 2.23. The van der Waals surface area contributed by atoms with Crippen molar-refractivity contribution in [2.24, 2.45) is 10.7 Å². The quantitative estimate of drug-likeness (QED) is 0.607. The molecule has 3 nitrogen and oxygen atoms in total. The van der Waals surface area contributed by atoms with Crippen LogP contribution in [0, 0.1) is 0 Å². The summed E-state index contributed by atoms with van der Waals surface area (Å²) in [4.78, 5) is 3.58. The number of hydrogen-bond donors (Lipinski definition) is 2. The number of nitrogens with zero attached hydrogens (tertiary/aromatic N) is 1. The second kappa shape index (κ2) is 3.84. The van der Waals surface area contributed by atoms with Crippen LogP contribution in [0.3, 0.4) is 0 Å². The predicted octanol–water partition coefficient (Wildman–Crippen LogP) is 0.647. The Balaban J connectivity index is 0.00000121. The lowest BCUT2D eigenvalue weighted by atomic mass is 10.2. The van der Waals surface area contributed by atoms with E-state index in [2.05, 4.69) is 10.3 Å². The minimum absolute atomic E-state index is 0. The highest BCUT2D eigenvalue weighted by atomic mass is 35.5. The highest BCUT2D eigenvalue weighted by molar-refractivity contribution is 5.85. The Morgan fingerprint density at radius 3 is 2.42 bits per heavy atom. The van der Waals surface area contributed by atoms with Crippen LogP contribution in [0.1, 0.15) is 6.42 Å². The van der Waals surface area contributed by atoms with E-state index < -0.39 is 12.2 Å². The first-order valence-electron chi connectivity index (χ1n) is 3.13. The normalized spacial score (nSPS) is 23.6. The molecular weight excluding hydrogens is 195 g/mol. The maximum absolute atomic E-state index is 11.9. The van der Waals surface area contributed by atoms with Crippen molar-refractivity contribution in [2.45, 2.75) is 18.6 Å². The van der Waals surface area contributed by atoms with Crippen LogP contribution in [0.4, 0.5) is 13.2 Å². The molecular formula is C5H9ClF3N3. The molecule has 1 heterocycles. The minimum Gasteiger partial charge on any atom is -0.370 e. The van der Waals surface area contributed by atoms with Gasteiger partial charge in [-0.15, -0.1) is 12.4 Å². The third-order valence-electron chi connectivity index (χ3n) is 1.42. The van der Waals surface area contributed by atoms with Gasteiger partial charge in [0.2, 0.25) is 0 Å². The van der Waals surface area contributed by atoms with Gasteiger partial charge < -0.3 is 11.1 Å². The van der Waals surface area contributed by atoms with E-state index in [9.17, 15) is 13.2 Å². The fraction of sp³-hybridized carbons (Fsp3) is 0.800. The Hall–Kier alpha value is -0.650. The molecule has 3 N–H and O–H groups in total. The van der Waals surface area contributed by atoms with Gasteiger partial charge in [0, 0.05) is 6.54 Å². The van der Waals surface area contributed by atoms with Gasteiger partial charge >= 0.3 is 6.18 Å². The van der Waals surface area contributed by atoms with E-state index in [1.54, 1.807) is 0 Å². The first kappa shape index (κ1) is 11.4. The molecule has 0 radical (unpaired) electrons. The van der Waals surface area contributed by atoms with E-state index in [1.807, 2.05) is 0 Å². The van der Waals surface area contributed by atoms with Crippen LogP contribution < -0.4 is 11.1 Å². The van der Waals surface area contributed by atoms with E-state index in [4.69, 9.17) is 5.73 Å². The van der Waals surface area contributed by atoms with Gasteiger partial charge in [0.1, 0.15) is 6.04 Å². The number of nitrogens with one attached hydrogen (secondary N) is 1. The summed E-state index contributed by atoms with van der Waals surface area (Å²) >= 11 is 0. The fourth-order valence-corrected chi connectivity index (χ4v) is 0.856. The predicted molar refractivity (Wildman–Crippen MR) is 41.3 cm³/mol. The lowest BCUT2D eigenvalue weighted by molar-refractivity contribution is -0.153. The van der Waals surface area contributed by atoms with E-state index in [0.29, 0.717) is 0 Å². The molecule has 1 rings (SSSR count). The molecule has 0 bridgehead atoms. The number of rotatable bonds is 0. The fourth-order valence-electron chi connectivity index (χ4n) is 0.856. The van der Waals surface area contributed by atoms with Crippen molar-refractivity contribution in [1.29, 1.82) is 0 Å². The summed E-state index contributed by atoms with van der Waals surface area (Å²) < 4.78 is 35.8. The standard InChI is InChI=1S/C5H8F3N3.ClH/c6-5(7,8)3-1-2-10-4(9)11-3;/h3H,1-2H2,(H3,9,10,11);1H. The number of hydrogen-bond acceptors (Lipinski definition) is 3. The summed E-state index contributed by atoms with van der Waals surface area (Å²) in [6.07, 6.45) is -4.26. The smallest absolute Gasteiger partial charge is 0.370 e. The van der Waals surface area contributed by atoms with Gasteiger partial charge in [-0.2, -0.15) is 13.2 Å². The molecule has 0 aromatic rings. The second-order valence-electron chi connectivity index (χ2n) is 2.29. The molecule has 1 aliphatic heterocycles. The van der Waals surface area contributed by atoms with Gasteiger partial charge in [0.15, 0.2) is 5.96 Å². The molecule has 0 aromatic heterocycles. The van der Waals surface area contributed by atoms with Gasteiger partial charge in [0.05, 0.1) is 0 Å². The number of nitrogens with two attached hydrogens (primary N) is 1. The van der Waals surface area contributed by atoms with Crippen molar-refractivity contribution < 1.29 is 13.2 Å². The van der Waals surface area contributed by atoms with Crippen LogP contribution in [-0.2, 0) is 0 Å². The Kier molecular flexibility index (Phi) is 3.63. The van der Waals surface area contributed by atoms with Crippen LogP contribution >= 0.6 is 12.4 Å². The zero-order valence-corrected chi connectivity index (χ0v) is 6.87. The van der Waals surface area contributed by atoms with Crippen molar-refractivity contribution >= 4 is 18.4 Å². The molecule has 7 heteroatoms. The van der Waals surface area contributed by atoms with Crippen molar-refractivity contribution in [3.05, 3.63) is 0 Å². The molecule has 0 aliphatic carbocycles. The highest BCUT2D eigenvalue weighted by Gasteiger charge is 2.40. The molecule has 0 fully saturated rings. The van der Waals surface area contributed by atoms with Gasteiger partial charge in [-0.1, -0.05) is 0 Å². The summed E-state index contributed by atoms with van der Waals surface area (Å²) in [5.41, 5.74) is 5.06. The topological polar surface area (TPSA) is 50.4 Å².